The highest BCUT2D eigenvalue weighted by molar-refractivity contribution is 9.11. The fraction of sp³-hybridized carbons (Fsp3) is 0.625. The van der Waals surface area contributed by atoms with E-state index in [1.165, 1.54) is 24.2 Å². The summed E-state index contributed by atoms with van der Waals surface area (Å²) in [6.45, 7) is 2.34. The average Bonchev–Trinajstić information content (AvgIpc) is 3.14. The van der Waals surface area contributed by atoms with Crippen molar-refractivity contribution in [1.82, 2.24) is 15.5 Å². The second kappa shape index (κ2) is 7.77. The Morgan fingerprint density at radius 3 is 2.52 bits per heavy atom. The number of carbonyl (C=O) groups excluding carboxylic acids is 2. The van der Waals surface area contributed by atoms with E-state index in [1.54, 1.807) is 13.0 Å². The van der Waals surface area contributed by atoms with Crippen molar-refractivity contribution < 1.29 is 9.59 Å². The smallest absolute Gasteiger partial charge is 0.262 e. The number of rotatable bonds is 6. The van der Waals surface area contributed by atoms with E-state index in [2.05, 4.69) is 45.6 Å². The Labute approximate surface area is 149 Å². The van der Waals surface area contributed by atoms with Gasteiger partial charge in [-0.1, -0.05) is 12.8 Å². The Hall–Kier alpha value is -0.920. The van der Waals surface area contributed by atoms with Crippen molar-refractivity contribution in [2.45, 2.75) is 44.2 Å². The summed E-state index contributed by atoms with van der Waals surface area (Å²) in [7, 11) is 4.13. The number of nitrogens with one attached hydrogen (secondary N) is 2. The van der Waals surface area contributed by atoms with Gasteiger partial charge >= 0.3 is 0 Å². The average molecular weight is 402 g/mol. The first-order valence-electron chi connectivity index (χ1n) is 7.85. The van der Waals surface area contributed by atoms with Crippen LogP contribution in [0.3, 0.4) is 0 Å². The van der Waals surface area contributed by atoms with Crippen LogP contribution in [0.2, 0.25) is 0 Å². The van der Waals surface area contributed by atoms with Crippen LogP contribution in [-0.2, 0) is 4.79 Å². The van der Waals surface area contributed by atoms with Gasteiger partial charge < -0.3 is 15.5 Å². The van der Waals surface area contributed by atoms with Crippen molar-refractivity contribution in [1.29, 1.82) is 0 Å². The lowest BCUT2D eigenvalue weighted by Crippen LogP contribution is -2.54. The van der Waals surface area contributed by atoms with E-state index in [0.717, 1.165) is 16.6 Å². The van der Waals surface area contributed by atoms with Gasteiger partial charge in [-0.25, -0.2) is 0 Å². The summed E-state index contributed by atoms with van der Waals surface area (Å²) in [5.74, 6) is -0.353. The van der Waals surface area contributed by atoms with Crippen LogP contribution >= 0.6 is 27.3 Å². The third-order valence-electron chi connectivity index (χ3n) is 4.61. The number of halogens is 1. The molecule has 1 saturated carbocycles. The number of carbonyl (C=O) groups is 2. The van der Waals surface area contributed by atoms with Crippen molar-refractivity contribution in [3.05, 3.63) is 20.8 Å². The lowest BCUT2D eigenvalue weighted by atomic mass is 9.96. The molecule has 128 valence electrons. The van der Waals surface area contributed by atoms with Crippen molar-refractivity contribution in [3.8, 4) is 0 Å². The van der Waals surface area contributed by atoms with Gasteiger partial charge in [0.15, 0.2) is 0 Å². The highest BCUT2D eigenvalue weighted by Crippen LogP contribution is 2.33. The molecular formula is C16H24BrN3O2S. The maximum absolute atomic E-state index is 12.3. The third kappa shape index (κ3) is 4.55. The van der Waals surface area contributed by atoms with Crippen LogP contribution in [0.5, 0.6) is 0 Å². The second-order valence-corrected chi connectivity index (χ2v) is 8.81. The fourth-order valence-corrected chi connectivity index (χ4v) is 4.28. The molecular weight excluding hydrogens is 378 g/mol. The predicted octanol–water partition coefficient (Wildman–Crippen LogP) is 2.62. The summed E-state index contributed by atoms with van der Waals surface area (Å²) in [6.07, 6.45) is 4.61. The Balaban J connectivity index is 1.86. The van der Waals surface area contributed by atoms with E-state index < -0.39 is 6.04 Å². The molecule has 0 radical (unpaired) electrons. The number of hydrogen-bond donors (Lipinski definition) is 2. The van der Waals surface area contributed by atoms with Crippen LogP contribution in [-0.4, -0.2) is 48.9 Å². The molecule has 1 aromatic rings. The molecule has 2 amide bonds. The first-order valence-corrected chi connectivity index (χ1v) is 9.46. The SMILES string of the molecule is CC(NC(=O)c1ccc(Br)s1)C(=O)NCC1(N(C)C)CCCC1. The summed E-state index contributed by atoms with van der Waals surface area (Å²) >= 11 is 4.68. The molecule has 0 aliphatic heterocycles. The normalized spacial score (nSPS) is 18.0. The number of amides is 2. The number of thiophene rings is 1. The molecule has 1 fully saturated rings. The van der Waals surface area contributed by atoms with Gasteiger partial charge in [0.2, 0.25) is 5.91 Å². The molecule has 1 heterocycles. The zero-order valence-corrected chi connectivity index (χ0v) is 16.2. The summed E-state index contributed by atoms with van der Waals surface area (Å²) < 4.78 is 0.897. The lowest BCUT2D eigenvalue weighted by Gasteiger charge is -2.36. The second-order valence-electron chi connectivity index (χ2n) is 6.34. The van der Waals surface area contributed by atoms with Gasteiger partial charge in [-0.2, -0.15) is 0 Å². The monoisotopic (exact) mass is 401 g/mol. The van der Waals surface area contributed by atoms with E-state index in [4.69, 9.17) is 0 Å². The minimum Gasteiger partial charge on any atom is -0.352 e. The Kier molecular flexibility index (Phi) is 6.22. The number of nitrogens with zero attached hydrogens (tertiary/aromatic N) is 1. The topological polar surface area (TPSA) is 61.4 Å². The molecule has 5 nitrogen and oxygen atoms in total. The summed E-state index contributed by atoms with van der Waals surface area (Å²) in [4.78, 5) is 27.2. The molecule has 1 atom stereocenters. The van der Waals surface area contributed by atoms with E-state index in [-0.39, 0.29) is 17.4 Å². The Morgan fingerprint density at radius 2 is 2.00 bits per heavy atom. The minimum atomic E-state index is -0.552. The van der Waals surface area contributed by atoms with Gasteiger partial charge in [0.1, 0.15) is 6.04 Å². The standard InChI is InChI=1S/C16H24BrN3O2S/c1-11(19-15(22)12-6-7-13(17)23-12)14(21)18-10-16(20(2)3)8-4-5-9-16/h6-7,11H,4-5,8-10H2,1-3H3,(H,18,21)(H,19,22). The zero-order valence-electron chi connectivity index (χ0n) is 13.8. The number of hydrogen-bond acceptors (Lipinski definition) is 4. The maximum Gasteiger partial charge on any atom is 0.262 e. The molecule has 1 unspecified atom stereocenters. The highest BCUT2D eigenvalue weighted by atomic mass is 79.9. The van der Waals surface area contributed by atoms with Gasteiger partial charge in [-0.3, -0.25) is 9.59 Å². The summed E-state index contributed by atoms with van der Waals surface area (Å²) in [5, 5.41) is 5.76. The van der Waals surface area contributed by atoms with Gasteiger partial charge in [0, 0.05) is 12.1 Å². The van der Waals surface area contributed by atoms with Gasteiger partial charge in [0.05, 0.1) is 8.66 Å². The van der Waals surface area contributed by atoms with Crippen molar-refractivity contribution in [3.63, 3.8) is 0 Å². The highest BCUT2D eigenvalue weighted by Gasteiger charge is 2.36. The van der Waals surface area contributed by atoms with Crippen LogP contribution in [0, 0.1) is 0 Å². The molecule has 1 aromatic heterocycles. The van der Waals surface area contributed by atoms with Crippen LogP contribution in [0.1, 0.15) is 42.3 Å². The molecule has 0 aromatic carbocycles. The van der Waals surface area contributed by atoms with E-state index in [0.29, 0.717) is 11.4 Å². The molecule has 2 rings (SSSR count). The van der Waals surface area contributed by atoms with Gasteiger partial charge in [0.25, 0.3) is 5.91 Å². The molecule has 0 saturated heterocycles. The number of likely N-dealkylation sites (N-methyl/N-ethyl adjacent to an activating group) is 1. The molecule has 1 aliphatic carbocycles. The van der Waals surface area contributed by atoms with E-state index in [1.807, 2.05) is 6.07 Å². The molecule has 1 aliphatic rings. The molecule has 23 heavy (non-hydrogen) atoms. The largest absolute Gasteiger partial charge is 0.352 e. The summed E-state index contributed by atoms with van der Waals surface area (Å²) in [5.41, 5.74) is 0.0536. The van der Waals surface area contributed by atoms with Gasteiger partial charge in [-0.05, 0) is 61.9 Å². The third-order valence-corrected chi connectivity index (χ3v) is 6.23. The molecule has 0 bridgehead atoms. The first kappa shape index (κ1) is 18.4. The quantitative estimate of drug-likeness (QED) is 0.769. The maximum atomic E-state index is 12.3. The Morgan fingerprint density at radius 1 is 1.35 bits per heavy atom. The van der Waals surface area contributed by atoms with E-state index >= 15 is 0 Å². The van der Waals surface area contributed by atoms with Gasteiger partial charge in [-0.15, -0.1) is 11.3 Å². The van der Waals surface area contributed by atoms with Crippen molar-refractivity contribution in [2.75, 3.05) is 20.6 Å². The molecule has 2 N–H and O–H groups in total. The van der Waals surface area contributed by atoms with Crippen LogP contribution in [0.4, 0.5) is 0 Å². The van der Waals surface area contributed by atoms with Crippen molar-refractivity contribution in [2.24, 2.45) is 0 Å². The van der Waals surface area contributed by atoms with Crippen LogP contribution in [0.15, 0.2) is 15.9 Å². The minimum absolute atomic E-state index is 0.0536. The molecule has 0 spiro atoms. The van der Waals surface area contributed by atoms with Crippen LogP contribution in [0.25, 0.3) is 0 Å². The zero-order chi connectivity index (χ0) is 17.0. The van der Waals surface area contributed by atoms with Crippen molar-refractivity contribution >= 4 is 39.1 Å². The summed E-state index contributed by atoms with van der Waals surface area (Å²) in [6, 6.07) is 3.02. The van der Waals surface area contributed by atoms with E-state index in [9.17, 15) is 9.59 Å². The predicted molar refractivity (Wildman–Crippen MR) is 96.8 cm³/mol. The molecule has 7 heteroatoms. The first-order chi connectivity index (χ1) is 10.8. The fourth-order valence-electron chi connectivity index (χ4n) is 2.99. The Bertz CT molecular complexity index is 567. The lowest BCUT2D eigenvalue weighted by molar-refractivity contribution is -0.123. The van der Waals surface area contributed by atoms with Crippen LogP contribution < -0.4 is 10.6 Å².